The van der Waals surface area contributed by atoms with Gasteiger partial charge in [0.2, 0.25) is 0 Å². The lowest BCUT2D eigenvalue weighted by atomic mass is 10.0. The van der Waals surface area contributed by atoms with Crippen LogP contribution in [0.3, 0.4) is 0 Å². The minimum absolute atomic E-state index is 1.14. The molecule has 0 radical (unpaired) electrons. The highest BCUT2D eigenvalue weighted by Gasteiger charge is 2.43. The number of aromatic nitrogens is 2. The van der Waals surface area contributed by atoms with Gasteiger partial charge in [0.15, 0.2) is 8.07 Å². The number of rotatable bonds is 7. The molecule has 0 fully saturated rings. The van der Waals surface area contributed by atoms with Gasteiger partial charge in [-0.25, -0.2) is 0 Å². The quantitative estimate of drug-likeness (QED) is 0.114. The first-order chi connectivity index (χ1) is 28.3. The van der Waals surface area contributed by atoms with E-state index in [4.69, 9.17) is 0 Å². The van der Waals surface area contributed by atoms with Crippen LogP contribution < -0.4 is 20.7 Å². The van der Waals surface area contributed by atoms with E-state index in [1.807, 2.05) is 0 Å². The second-order valence-corrected chi connectivity index (χ2v) is 18.6. The molecule has 0 unspecified atom stereocenters. The van der Waals surface area contributed by atoms with Gasteiger partial charge in [0, 0.05) is 32.9 Å². The number of fused-ring (bicyclic) bond motifs is 6. The Labute approximate surface area is 333 Å². The summed E-state index contributed by atoms with van der Waals surface area (Å²) in [6.45, 7) is 0. The second kappa shape index (κ2) is 13.5. The molecule has 0 bridgehead atoms. The predicted molar refractivity (Wildman–Crippen MR) is 244 cm³/mol. The van der Waals surface area contributed by atoms with Crippen LogP contribution in [0.4, 0.5) is 0 Å². The second-order valence-electron chi connectivity index (χ2n) is 14.9. The molecule has 0 aliphatic rings. The molecule has 0 aliphatic heterocycles. The molecule has 0 saturated heterocycles. The Hall–Kier alpha value is -7.20. The normalized spacial score (nSPS) is 11.9. The van der Waals surface area contributed by atoms with Gasteiger partial charge in [0.1, 0.15) is 0 Å². The number of para-hydroxylation sites is 3. The monoisotopic (exact) mass is 742 g/mol. The van der Waals surface area contributed by atoms with E-state index in [9.17, 15) is 0 Å². The van der Waals surface area contributed by atoms with Crippen molar-refractivity contribution in [1.29, 1.82) is 0 Å². The third-order valence-corrected chi connectivity index (χ3v) is 16.7. The van der Waals surface area contributed by atoms with Crippen molar-refractivity contribution >= 4 is 72.4 Å². The van der Waals surface area contributed by atoms with Crippen LogP contribution in [0.2, 0.25) is 0 Å². The Morgan fingerprint density at radius 1 is 0.281 bits per heavy atom. The van der Waals surface area contributed by atoms with Crippen molar-refractivity contribution in [3.05, 3.63) is 231 Å². The van der Waals surface area contributed by atoms with Gasteiger partial charge in [-0.05, 0) is 74.3 Å². The summed E-state index contributed by atoms with van der Waals surface area (Å²) in [7, 11) is -2.94. The SMILES string of the molecule is c1ccc(-c2ccc3c(c2)c2cccc([Si](c4ccccc4)(c4ccccc4)c4ccccc4)c2n3-c2ccc3c4ccccc4n(-c4ccccc4)c3c2)cc1. The largest absolute Gasteiger partial charge is 0.309 e. The van der Waals surface area contributed by atoms with Crippen molar-refractivity contribution in [2.45, 2.75) is 0 Å². The van der Waals surface area contributed by atoms with Crippen LogP contribution in [0, 0.1) is 0 Å². The number of benzene rings is 9. The molecule has 0 saturated carbocycles. The summed E-state index contributed by atoms with van der Waals surface area (Å²) in [5.41, 5.74) is 9.55. The summed E-state index contributed by atoms with van der Waals surface area (Å²) < 4.78 is 4.99. The Bertz CT molecular complexity index is 3110. The zero-order chi connectivity index (χ0) is 37.8. The smallest absolute Gasteiger partial charge is 0.181 e. The standard InChI is InChI=1S/C54H38N2Si/c1-6-19-39(20-7-1)40-33-36-51-49(37-40)48-30-18-32-53(57(43-23-10-3-11-24-43,44-25-12-4-13-26-44)45-27-14-5-15-28-45)54(48)56(51)42-34-35-47-46-29-16-17-31-50(46)55(52(47)38-42)41-21-8-2-9-22-41/h1-38H. The molecular formula is C54H38N2Si. The van der Waals surface area contributed by atoms with Gasteiger partial charge >= 0.3 is 0 Å². The van der Waals surface area contributed by atoms with Crippen molar-refractivity contribution in [3.8, 4) is 22.5 Å². The average Bonchev–Trinajstić information content (AvgIpc) is 3.81. The Kier molecular flexibility index (Phi) is 7.87. The van der Waals surface area contributed by atoms with Crippen LogP contribution in [0.25, 0.3) is 66.1 Å². The van der Waals surface area contributed by atoms with E-state index in [0.717, 1.165) is 11.4 Å². The van der Waals surface area contributed by atoms with Gasteiger partial charge in [-0.1, -0.05) is 188 Å². The molecule has 2 aromatic heterocycles. The third-order valence-electron chi connectivity index (χ3n) is 11.8. The Morgan fingerprint density at radius 2 is 0.807 bits per heavy atom. The van der Waals surface area contributed by atoms with Gasteiger partial charge in [0.25, 0.3) is 0 Å². The fourth-order valence-corrected chi connectivity index (χ4v) is 14.4. The molecule has 11 rings (SSSR count). The molecule has 0 aliphatic carbocycles. The summed E-state index contributed by atoms with van der Waals surface area (Å²) in [6, 6.07) is 85.3. The summed E-state index contributed by atoms with van der Waals surface area (Å²) in [6.07, 6.45) is 0. The highest BCUT2D eigenvalue weighted by molar-refractivity contribution is 7.20. The van der Waals surface area contributed by atoms with Crippen LogP contribution >= 0.6 is 0 Å². The van der Waals surface area contributed by atoms with E-state index >= 15 is 0 Å². The molecule has 2 heterocycles. The Balaban J connectivity index is 1.31. The molecule has 2 nitrogen and oxygen atoms in total. The highest BCUT2D eigenvalue weighted by atomic mass is 28.3. The van der Waals surface area contributed by atoms with Crippen LogP contribution in [0.5, 0.6) is 0 Å². The van der Waals surface area contributed by atoms with Gasteiger partial charge in [-0.15, -0.1) is 0 Å². The molecule has 11 aromatic rings. The molecular weight excluding hydrogens is 705 g/mol. The van der Waals surface area contributed by atoms with Crippen molar-refractivity contribution in [1.82, 2.24) is 9.13 Å². The van der Waals surface area contributed by atoms with E-state index in [1.54, 1.807) is 0 Å². The summed E-state index contributed by atoms with van der Waals surface area (Å²) in [5.74, 6) is 0. The molecule has 0 N–H and O–H groups in total. The predicted octanol–water partition coefficient (Wildman–Crippen LogP) is 10.9. The topological polar surface area (TPSA) is 9.86 Å². The Morgan fingerprint density at radius 3 is 1.46 bits per heavy atom. The fraction of sp³-hybridized carbons (Fsp3) is 0. The first-order valence-electron chi connectivity index (χ1n) is 19.7. The minimum atomic E-state index is -2.94. The van der Waals surface area contributed by atoms with Crippen LogP contribution in [0.15, 0.2) is 231 Å². The van der Waals surface area contributed by atoms with E-state index in [1.165, 1.54) is 75.5 Å². The molecule has 0 amide bonds. The highest BCUT2D eigenvalue weighted by Crippen LogP contribution is 2.38. The zero-order valence-electron chi connectivity index (χ0n) is 31.3. The van der Waals surface area contributed by atoms with E-state index < -0.39 is 8.07 Å². The van der Waals surface area contributed by atoms with Crippen LogP contribution in [-0.2, 0) is 0 Å². The maximum Gasteiger partial charge on any atom is 0.181 e. The lowest BCUT2D eigenvalue weighted by Crippen LogP contribution is -2.75. The van der Waals surface area contributed by atoms with E-state index in [0.29, 0.717) is 0 Å². The van der Waals surface area contributed by atoms with Gasteiger partial charge in [-0.2, -0.15) is 0 Å². The molecule has 0 atom stereocenters. The minimum Gasteiger partial charge on any atom is -0.309 e. The molecule has 57 heavy (non-hydrogen) atoms. The number of hydrogen-bond acceptors (Lipinski definition) is 0. The van der Waals surface area contributed by atoms with Gasteiger partial charge in [-0.3, -0.25) is 0 Å². The van der Waals surface area contributed by atoms with Crippen LogP contribution in [-0.4, -0.2) is 17.2 Å². The van der Waals surface area contributed by atoms with Gasteiger partial charge in [0.05, 0.1) is 22.1 Å². The van der Waals surface area contributed by atoms with Crippen molar-refractivity contribution in [3.63, 3.8) is 0 Å². The van der Waals surface area contributed by atoms with Crippen molar-refractivity contribution in [2.75, 3.05) is 0 Å². The van der Waals surface area contributed by atoms with E-state index in [2.05, 4.69) is 240 Å². The number of hydrogen-bond donors (Lipinski definition) is 0. The first kappa shape index (κ1) is 33.2. The lowest BCUT2D eigenvalue weighted by molar-refractivity contribution is 1.16. The van der Waals surface area contributed by atoms with Gasteiger partial charge < -0.3 is 9.13 Å². The fourth-order valence-electron chi connectivity index (χ4n) is 9.43. The number of nitrogens with zero attached hydrogens (tertiary/aromatic N) is 2. The zero-order valence-corrected chi connectivity index (χ0v) is 32.3. The maximum atomic E-state index is 2.57. The summed E-state index contributed by atoms with van der Waals surface area (Å²) in [4.78, 5) is 0. The van der Waals surface area contributed by atoms with E-state index in [-0.39, 0.29) is 0 Å². The molecule has 3 heteroatoms. The maximum absolute atomic E-state index is 2.94. The molecule has 268 valence electrons. The van der Waals surface area contributed by atoms with Crippen LogP contribution in [0.1, 0.15) is 0 Å². The molecule has 0 spiro atoms. The summed E-state index contributed by atoms with van der Waals surface area (Å²) >= 11 is 0. The lowest BCUT2D eigenvalue weighted by Gasteiger charge is -2.35. The van der Waals surface area contributed by atoms with Crippen molar-refractivity contribution < 1.29 is 0 Å². The molecule has 9 aromatic carbocycles. The summed E-state index contributed by atoms with van der Waals surface area (Å²) in [5, 5.41) is 10.4. The van der Waals surface area contributed by atoms with Crippen molar-refractivity contribution in [2.24, 2.45) is 0 Å². The average molecular weight is 743 g/mol. The first-order valence-corrected chi connectivity index (χ1v) is 21.7. The third kappa shape index (κ3) is 5.17.